The first-order valence-electron chi connectivity index (χ1n) is 7.88. The van der Waals surface area contributed by atoms with E-state index < -0.39 is 12.0 Å². The summed E-state index contributed by atoms with van der Waals surface area (Å²) in [6, 6.07) is -1.06. The van der Waals surface area contributed by atoms with Crippen LogP contribution < -0.4 is 10.6 Å². The van der Waals surface area contributed by atoms with E-state index in [1.807, 2.05) is 0 Å². The molecule has 0 radical (unpaired) electrons. The third-order valence-electron chi connectivity index (χ3n) is 5.04. The molecule has 0 bridgehead atoms. The normalized spacial score (nSPS) is 23.4. The number of rotatable bonds is 5. The summed E-state index contributed by atoms with van der Waals surface area (Å²) >= 11 is 0. The van der Waals surface area contributed by atoms with Gasteiger partial charge in [0.15, 0.2) is 0 Å². The summed E-state index contributed by atoms with van der Waals surface area (Å²) in [4.78, 5) is 23.5. The van der Waals surface area contributed by atoms with Crippen LogP contribution in [0.25, 0.3) is 0 Å². The highest BCUT2D eigenvalue weighted by atomic mass is 16.4. The zero-order valence-electron chi connectivity index (χ0n) is 12.3. The molecule has 0 aromatic carbocycles. The molecule has 0 aromatic heterocycles. The Labute approximate surface area is 120 Å². The predicted octanol–water partition coefficient (Wildman–Crippen LogP) is 2.65. The molecule has 0 aliphatic heterocycles. The lowest BCUT2D eigenvalue weighted by Gasteiger charge is -2.42. The zero-order valence-corrected chi connectivity index (χ0v) is 12.3. The Morgan fingerprint density at radius 2 is 1.85 bits per heavy atom. The van der Waals surface area contributed by atoms with Gasteiger partial charge < -0.3 is 15.7 Å². The molecule has 2 aliphatic carbocycles. The van der Waals surface area contributed by atoms with Crippen molar-refractivity contribution in [2.45, 2.75) is 76.3 Å². The third-order valence-corrected chi connectivity index (χ3v) is 5.04. The van der Waals surface area contributed by atoms with E-state index in [4.69, 9.17) is 0 Å². The Hall–Kier alpha value is -1.26. The van der Waals surface area contributed by atoms with Gasteiger partial charge in [0.1, 0.15) is 6.04 Å². The second kappa shape index (κ2) is 6.46. The number of carbonyl (C=O) groups is 2. The van der Waals surface area contributed by atoms with Crippen LogP contribution >= 0.6 is 0 Å². The number of carboxylic acid groups (broad SMARTS) is 1. The van der Waals surface area contributed by atoms with Gasteiger partial charge >= 0.3 is 12.0 Å². The Morgan fingerprint density at radius 3 is 2.30 bits per heavy atom. The number of carboxylic acids is 1. The van der Waals surface area contributed by atoms with Gasteiger partial charge in [0.25, 0.3) is 0 Å². The molecule has 1 atom stereocenters. The van der Waals surface area contributed by atoms with Crippen molar-refractivity contribution in [2.75, 3.05) is 0 Å². The van der Waals surface area contributed by atoms with Crippen LogP contribution in [0.4, 0.5) is 4.79 Å². The SMILES string of the molecule is CCC1(NC(=O)NC(C(=O)O)C2CCCCC2)CCC1. The van der Waals surface area contributed by atoms with E-state index in [2.05, 4.69) is 17.6 Å². The molecule has 2 amide bonds. The van der Waals surface area contributed by atoms with Gasteiger partial charge in [-0.3, -0.25) is 0 Å². The van der Waals surface area contributed by atoms with Crippen molar-refractivity contribution in [2.24, 2.45) is 5.92 Å². The van der Waals surface area contributed by atoms with Crippen LogP contribution in [0.3, 0.4) is 0 Å². The molecule has 1 unspecified atom stereocenters. The molecule has 0 spiro atoms. The van der Waals surface area contributed by atoms with E-state index >= 15 is 0 Å². The van der Waals surface area contributed by atoms with Gasteiger partial charge in [0.2, 0.25) is 0 Å². The van der Waals surface area contributed by atoms with Gasteiger partial charge in [-0.25, -0.2) is 9.59 Å². The lowest BCUT2D eigenvalue weighted by Crippen LogP contribution is -2.59. The molecule has 5 heteroatoms. The maximum atomic E-state index is 12.1. The first kappa shape index (κ1) is 15.1. The molecule has 0 aromatic rings. The molecule has 5 nitrogen and oxygen atoms in total. The number of nitrogens with one attached hydrogen (secondary N) is 2. The second-order valence-corrected chi connectivity index (χ2v) is 6.30. The quantitative estimate of drug-likeness (QED) is 0.725. The lowest BCUT2D eigenvalue weighted by atomic mass is 9.75. The van der Waals surface area contributed by atoms with Crippen molar-refractivity contribution in [1.82, 2.24) is 10.6 Å². The van der Waals surface area contributed by atoms with Crippen molar-refractivity contribution in [1.29, 1.82) is 0 Å². The van der Waals surface area contributed by atoms with Gasteiger partial charge in [0.05, 0.1) is 0 Å². The molecule has 0 saturated heterocycles. The first-order valence-corrected chi connectivity index (χ1v) is 7.88. The Bertz CT molecular complexity index is 355. The van der Waals surface area contributed by atoms with Gasteiger partial charge in [-0.15, -0.1) is 0 Å². The number of hydrogen-bond donors (Lipinski definition) is 3. The standard InChI is InChI=1S/C15H26N2O3/c1-2-15(9-6-10-15)17-14(20)16-12(13(18)19)11-7-4-3-5-8-11/h11-12H,2-10H2,1H3,(H,18,19)(H2,16,17,20). The highest BCUT2D eigenvalue weighted by molar-refractivity contribution is 5.83. The summed E-state index contributed by atoms with van der Waals surface area (Å²) in [5, 5.41) is 15.0. The van der Waals surface area contributed by atoms with Gasteiger partial charge in [-0.2, -0.15) is 0 Å². The smallest absolute Gasteiger partial charge is 0.326 e. The second-order valence-electron chi connectivity index (χ2n) is 6.30. The van der Waals surface area contributed by atoms with E-state index in [-0.39, 0.29) is 17.5 Å². The van der Waals surface area contributed by atoms with Crippen LogP contribution in [-0.4, -0.2) is 28.7 Å². The van der Waals surface area contributed by atoms with Crippen LogP contribution in [0.1, 0.15) is 64.7 Å². The molecule has 2 aliphatic rings. The number of urea groups is 1. The fourth-order valence-corrected chi connectivity index (χ4v) is 3.44. The minimum absolute atomic E-state index is 0.0750. The van der Waals surface area contributed by atoms with E-state index in [0.29, 0.717) is 0 Å². The lowest BCUT2D eigenvalue weighted by molar-refractivity contribution is -0.141. The minimum atomic E-state index is -0.911. The molecule has 2 fully saturated rings. The highest BCUT2D eigenvalue weighted by Crippen LogP contribution is 2.34. The van der Waals surface area contributed by atoms with E-state index in [1.54, 1.807) is 0 Å². The Balaban J connectivity index is 1.90. The number of amides is 2. The molecular weight excluding hydrogens is 256 g/mol. The van der Waals surface area contributed by atoms with E-state index in [9.17, 15) is 14.7 Å². The van der Waals surface area contributed by atoms with E-state index in [1.165, 1.54) is 6.42 Å². The first-order chi connectivity index (χ1) is 9.56. The van der Waals surface area contributed by atoms with Gasteiger partial charge in [-0.05, 0) is 44.4 Å². The Kier molecular flexibility index (Phi) is 4.89. The van der Waals surface area contributed by atoms with Crippen LogP contribution in [0.2, 0.25) is 0 Å². The maximum Gasteiger partial charge on any atom is 0.326 e. The summed E-state index contributed by atoms with van der Waals surface area (Å²) in [5.74, 6) is -0.836. The van der Waals surface area contributed by atoms with Crippen molar-refractivity contribution in [3.8, 4) is 0 Å². The summed E-state index contributed by atoms with van der Waals surface area (Å²) in [7, 11) is 0. The van der Waals surface area contributed by atoms with Crippen molar-refractivity contribution >= 4 is 12.0 Å². The van der Waals surface area contributed by atoms with Crippen LogP contribution in [0, 0.1) is 5.92 Å². The van der Waals surface area contributed by atoms with Gasteiger partial charge in [-0.1, -0.05) is 26.2 Å². The van der Waals surface area contributed by atoms with Gasteiger partial charge in [0, 0.05) is 5.54 Å². The molecule has 2 rings (SSSR count). The summed E-state index contributed by atoms with van der Waals surface area (Å²) in [6.07, 6.45) is 9.14. The van der Waals surface area contributed by atoms with Crippen LogP contribution in [0.15, 0.2) is 0 Å². The molecule has 114 valence electrons. The number of carbonyl (C=O) groups excluding carboxylic acids is 1. The molecular formula is C15H26N2O3. The average Bonchev–Trinajstić information content (AvgIpc) is 2.41. The summed E-state index contributed by atoms with van der Waals surface area (Å²) in [5.41, 5.74) is -0.0975. The van der Waals surface area contributed by atoms with Crippen molar-refractivity contribution in [3.63, 3.8) is 0 Å². The number of hydrogen-bond acceptors (Lipinski definition) is 2. The maximum absolute atomic E-state index is 12.1. The fourth-order valence-electron chi connectivity index (χ4n) is 3.44. The molecule has 20 heavy (non-hydrogen) atoms. The monoisotopic (exact) mass is 282 g/mol. The van der Waals surface area contributed by atoms with Crippen molar-refractivity contribution in [3.05, 3.63) is 0 Å². The molecule has 2 saturated carbocycles. The Morgan fingerprint density at radius 1 is 1.20 bits per heavy atom. The van der Waals surface area contributed by atoms with E-state index in [0.717, 1.165) is 51.4 Å². The van der Waals surface area contributed by atoms with Crippen LogP contribution in [-0.2, 0) is 4.79 Å². The third kappa shape index (κ3) is 3.44. The molecule has 3 N–H and O–H groups in total. The van der Waals surface area contributed by atoms with Crippen molar-refractivity contribution < 1.29 is 14.7 Å². The number of aliphatic carboxylic acids is 1. The topological polar surface area (TPSA) is 78.4 Å². The highest BCUT2D eigenvalue weighted by Gasteiger charge is 2.38. The average molecular weight is 282 g/mol. The summed E-state index contributed by atoms with van der Waals surface area (Å²) < 4.78 is 0. The molecule has 0 heterocycles. The largest absolute Gasteiger partial charge is 0.480 e. The minimum Gasteiger partial charge on any atom is -0.480 e. The van der Waals surface area contributed by atoms with Crippen LogP contribution in [0.5, 0.6) is 0 Å². The summed E-state index contributed by atoms with van der Waals surface area (Å²) in [6.45, 7) is 2.06. The predicted molar refractivity (Wildman–Crippen MR) is 76.5 cm³/mol. The fraction of sp³-hybridized carbons (Fsp3) is 0.867. The zero-order chi connectivity index (χ0) is 14.6.